The van der Waals surface area contributed by atoms with Crippen LogP contribution in [0.2, 0.25) is 0 Å². The minimum absolute atomic E-state index is 0.0123. The Kier molecular flexibility index (Phi) is 4.16. The van der Waals surface area contributed by atoms with Crippen molar-refractivity contribution in [3.05, 3.63) is 47.3 Å². The van der Waals surface area contributed by atoms with E-state index in [-0.39, 0.29) is 11.7 Å². The van der Waals surface area contributed by atoms with Crippen molar-refractivity contribution < 1.29 is 19.4 Å². The second-order valence-corrected chi connectivity index (χ2v) is 5.53. The predicted molar refractivity (Wildman–Crippen MR) is 84.8 cm³/mol. The summed E-state index contributed by atoms with van der Waals surface area (Å²) in [5, 5.41) is 11.9. The number of hydrogen-bond donors (Lipinski definition) is 3. The van der Waals surface area contributed by atoms with E-state index in [1.807, 2.05) is 0 Å². The predicted octanol–water partition coefficient (Wildman–Crippen LogP) is 2.50. The van der Waals surface area contributed by atoms with Gasteiger partial charge in [0.2, 0.25) is 0 Å². The van der Waals surface area contributed by atoms with Gasteiger partial charge in [0.15, 0.2) is 12.1 Å². The van der Waals surface area contributed by atoms with E-state index < -0.39 is 6.29 Å². The van der Waals surface area contributed by atoms with Crippen molar-refractivity contribution in [2.45, 2.75) is 32.5 Å². The van der Waals surface area contributed by atoms with Crippen molar-refractivity contribution in [3.63, 3.8) is 0 Å². The van der Waals surface area contributed by atoms with Crippen LogP contribution in [0.1, 0.15) is 46.2 Å². The molecule has 0 spiro atoms. The van der Waals surface area contributed by atoms with Gasteiger partial charge >= 0.3 is 0 Å². The second-order valence-electron chi connectivity index (χ2n) is 5.53. The Bertz CT molecular complexity index is 732. The van der Waals surface area contributed by atoms with Gasteiger partial charge in [0.25, 0.3) is 5.91 Å². The molecule has 1 aliphatic carbocycles. The molecule has 120 valence electrons. The van der Waals surface area contributed by atoms with E-state index in [0.29, 0.717) is 29.0 Å². The van der Waals surface area contributed by atoms with E-state index >= 15 is 0 Å². The fraction of sp³-hybridized carbons (Fsp3) is 0.294. The lowest BCUT2D eigenvalue weighted by Gasteiger charge is -2.12. The maximum absolute atomic E-state index is 12.4. The number of aromatic amines is 1. The number of nitrogens with one attached hydrogen (secondary N) is 2. The molecule has 6 heteroatoms. The number of aromatic nitrogens is 1. The SMILES string of the molecule is CC(O)Oc1ccc(NC(=O)c2c[nH]c3c2C(=O)CCC3)cc1. The number of aliphatic hydroxyl groups is 1. The molecule has 1 unspecified atom stereocenters. The average molecular weight is 314 g/mol. The van der Waals surface area contributed by atoms with Crippen molar-refractivity contribution in [2.75, 3.05) is 5.32 Å². The average Bonchev–Trinajstić information content (AvgIpc) is 2.94. The van der Waals surface area contributed by atoms with Gasteiger partial charge in [-0.05, 0) is 44.0 Å². The van der Waals surface area contributed by atoms with Crippen molar-refractivity contribution in [3.8, 4) is 5.75 Å². The summed E-state index contributed by atoms with van der Waals surface area (Å²) in [6.45, 7) is 1.52. The summed E-state index contributed by atoms with van der Waals surface area (Å²) in [6, 6.07) is 6.66. The molecule has 2 aromatic rings. The molecule has 3 rings (SSSR count). The third-order valence-electron chi connectivity index (χ3n) is 3.73. The molecule has 0 aliphatic heterocycles. The van der Waals surface area contributed by atoms with Crippen LogP contribution in [-0.2, 0) is 6.42 Å². The van der Waals surface area contributed by atoms with Crippen LogP contribution in [0.4, 0.5) is 5.69 Å². The lowest BCUT2D eigenvalue weighted by Crippen LogP contribution is -2.18. The Balaban J connectivity index is 1.75. The summed E-state index contributed by atoms with van der Waals surface area (Å²) in [5.74, 6) is 0.201. The van der Waals surface area contributed by atoms with E-state index in [1.165, 1.54) is 6.92 Å². The number of anilines is 1. The highest BCUT2D eigenvalue weighted by Crippen LogP contribution is 2.25. The molecule has 0 radical (unpaired) electrons. The second kappa shape index (κ2) is 6.26. The molecule has 1 amide bonds. The van der Waals surface area contributed by atoms with E-state index in [0.717, 1.165) is 18.5 Å². The molecule has 3 N–H and O–H groups in total. The lowest BCUT2D eigenvalue weighted by atomic mass is 9.93. The Hall–Kier alpha value is -2.60. The largest absolute Gasteiger partial charge is 0.465 e. The van der Waals surface area contributed by atoms with Gasteiger partial charge in [-0.15, -0.1) is 0 Å². The summed E-state index contributed by atoms with van der Waals surface area (Å²) < 4.78 is 5.13. The minimum Gasteiger partial charge on any atom is -0.465 e. The molecular weight excluding hydrogens is 296 g/mol. The van der Waals surface area contributed by atoms with Gasteiger partial charge in [-0.1, -0.05) is 0 Å². The molecule has 0 bridgehead atoms. The van der Waals surface area contributed by atoms with Crippen molar-refractivity contribution in [1.29, 1.82) is 0 Å². The first kappa shape index (κ1) is 15.3. The van der Waals surface area contributed by atoms with Gasteiger partial charge in [-0.25, -0.2) is 0 Å². The van der Waals surface area contributed by atoms with Crippen molar-refractivity contribution >= 4 is 17.4 Å². The molecular formula is C17H18N2O4. The first-order valence-corrected chi connectivity index (χ1v) is 7.54. The number of aliphatic hydroxyl groups excluding tert-OH is 1. The van der Waals surface area contributed by atoms with Gasteiger partial charge in [0.05, 0.1) is 11.1 Å². The zero-order chi connectivity index (χ0) is 16.4. The minimum atomic E-state index is -0.896. The van der Waals surface area contributed by atoms with Crippen LogP contribution in [-0.4, -0.2) is 28.1 Å². The number of benzene rings is 1. The molecule has 1 heterocycles. The van der Waals surface area contributed by atoms with E-state index in [1.54, 1.807) is 30.5 Å². The quantitative estimate of drug-likeness (QED) is 0.756. The highest BCUT2D eigenvalue weighted by atomic mass is 16.6. The molecule has 0 saturated heterocycles. The summed E-state index contributed by atoms with van der Waals surface area (Å²) in [7, 11) is 0. The molecule has 23 heavy (non-hydrogen) atoms. The van der Waals surface area contributed by atoms with Crippen LogP contribution in [0.5, 0.6) is 5.75 Å². The van der Waals surface area contributed by atoms with E-state index in [9.17, 15) is 9.59 Å². The highest BCUT2D eigenvalue weighted by Gasteiger charge is 2.25. The normalized spacial score (nSPS) is 15.0. The molecule has 1 aromatic carbocycles. The zero-order valence-electron chi connectivity index (χ0n) is 12.8. The summed E-state index contributed by atoms with van der Waals surface area (Å²) in [5.41, 5.74) is 2.33. The van der Waals surface area contributed by atoms with Gasteiger partial charge in [-0.2, -0.15) is 0 Å². The van der Waals surface area contributed by atoms with Crippen LogP contribution in [0.25, 0.3) is 0 Å². The topological polar surface area (TPSA) is 91.4 Å². The number of ketones is 1. The number of carbonyl (C=O) groups is 2. The molecule has 1 atom stereocenters. The van der Waals surface area contributed by atoms with E-state index in [2.05, 4.69) is 10.3 Å². The number of hydrogen-bond acceptors (Lipinski definition) is 4. The van der Waals surface area contributed by atoms with E-state index in [4.69, 9.17) is 9.84 Å². The summed E-state index contributed by atoms with van der Waals surface area (Å²) >= 11 is 0. The van der Waals surface area contributed by atoms with Crippen LogP contribution < -0.4 is 10.1 Å². The van der Waals surface area contributed by atoms with Gasteiger partial charge in [0, 0.05) is 24.0 Å². The monoisotopic (exact) mass is 314 g/mol. The van der Waals surface area contributed by atoms with Crippen LogP contribution in [0, 0.1) is 0 Å². The summed E-state index contributed by atoms with van der Waals surface area (Å²) in [6.07, 6.45) is 2.79. The number of aryl methyl sites for hydroxylation is 1. The van der Waals surface area contributed by atoms with Crippen molar-refractivity contribution in [1.82, 2.24) is 4.98 Å². The fourth-order valence-electron chi connectivity index (χ4n) is 2.72. The fourth-order valence-corrected chi connectivity index (χ4v) is 2.72. The smallest absolute Gasteiger partial charge is 0.257 e. The van der Waals surface area contributed by atoms with Crippen LogP contribution in [0.15, 0.2) is 30.5 Å². The van der Waals surface area contributed by atoms with Crippen LogP contribution >= 0.6 is 0 Å². The maximum atomic E-state index is 12.4. The number of fused-ring (bicyclic) bond motifs is 1. The first-order chi connectivity index (χ1) is 11.0. The zero-order valence-corrected chi connectivity index (χ0v) is 12.8. The Morgan fingerprint density at radius 3 is 2.74 bits per heavy atom. The Labute approximate surface area is 133 Å². The van der Waals surface area contributed by atoms with Gasteiger partial charge in [-0.3, -0.25) is 9.59 Å². The third kappa shape index (κ3) is 3.27. The highest BCUT2D eigenvalue weighted by molar-refractivity contribution is 6.13. The maximum Gasteiger partial charge on any atom is 0.257 e. The molecule has 1 aromatic heterocycles. The number of ether oxygens (including phenoxy) is 1. The number of carbonyl (C=O) groups excluding carboxylic acids is 2. The Morgan fingerprint density at radius 2 is 2.04 bits per heavy atom. The molecule has 0 saturated carbocycles. The molecule has 6 nitrogen and oxygen atoms in total. The number of Topliss-reactive ketones (excluding diaryl/α,β-unsaturated/α-hetero) is 1. The third-order valence-corrected chi connectivity index (χ3v) is 3.73. The standard InChI is InChI=1S/C17H18N2O4/c1-10(20)23-12-7-5-11(6-8-12)19-17(22)13-9-18-14-3-2-4-15(21)16(13)14/h5-10,18,20H,2-4H2,1H3,(H,19,22). The lowest BCUT2D eigenvalue weighted by molar-refractivity contribution is -0.000293. The van der Waals surface area contributed by atoms with Crippen molar-refractivity contribution in [2.24, 2.45) is 0 Å². The first-order valence-electron chi connectivity index (χ1n) is 7.54. The van der Waals surface area contributed by atoms with Gasteiger partial charge in [0.1, 0.15) is 5.75 Å². The number of rotatable bonds is 4. The molecule has 0 fully saturated rings. The van der Waals surface area contributed by atoms with Gasteiger partial charge < -0.3 is 20.1 Å². The molecule has 1 aliphatic rings. The summed E-state index contributed by atoms with van der Waals surface area (Å²) in [4.78, 5) is 27.5. The Morgan fingerprint density at radius 1 is 1.30 bits per heavy atom. The number of amides is 1. The van der Waals surface area contributed by atoms with Crippen LogP contribution in [0.3, 0.4) is 0 Å². The number of H-pyrrole nitrogens is 1.